The summed E-state index contributed by atoms with van der Waals surface area (Å²) in [4.78, 5) is 0. The summed E-state index contributed by atoms with van der Waals surface area (Å²) in [5, 5.41) is 3.40. The lowest BCUT2D eigenvalue weighted by molar-refractivity contribution is 0.393. The average molecular weight is 219 g/mol. The molecule has 0 bridgehead atoms. The maximum atomic E-state index is 3.40. The van der Waals surface area contributed by atoms with Crippen molar-refractivity contribution in [2.24, 2.45) is 5.92 Å². The minimum atomic E-state index is 0.657. The Morgan fingerprint density at radius 1 is 1.25 bits per heavy atom. The third-order valence-corrected chi connectivity index (χ3v) is 3.24. The Balaban J connectivity index is 2.35. The van der Waals surface area contributed by atoms with Crippen LogP contribution in [0.1, 0.15) is 37.8 Å². The fraction of sp³-hybridized carbons (Fsp3) is 0.600. The molecule has 0 aliphatic rings. The van der Waals surface area contributed by atoms with Gasteiger partial charge in [0, 0.05) is 6.04 Å². The van der Waals surface area contributed by atoms with Crippen LogP contribution in [0.15, 0.2) is 24.3 Å². The minimum Gasteiger partial charge on any atom is -0.317 e. The lowest BCUT2D eigenvalue weighted by atomic mass is 9.96. The lowest BCUT2D eigenvalue weighted by Gasteiger charge is -2.19. The monoisotopic (exact) mass is 219 g/mol. The fourth-order valence-electron chi connectivity index (χ4n) is 2.20. The summed E-state index contributed by atoms with van der Waals surface area (Å²) in [6, 6.07) is 9.50. The van der Waals surface area contributed by atoms with E-state index in [4.69, 9.17) is 0 Å². The molecule has 1 unspecified atom stereocenters. The Bertz CT molecular complexity index is 304. The van der Waals surface area contributed by atoms with Crippen LogP contribution >= 0.6 is 0 Å². The summed E-state index contributed by atoms with van der Waals surface area (Å²) in [6.07, 6.45) is 3.74. The molecule has 0 saturated heterocycles. The molecule has 0 spiro atoms. The van der Waals surface area contributed by atoms with Gasteiger partial charge in [-0.1, -0.05) is 43.7 Å². The summed E-state index contributed by atoms with van der Waals surface area (Å²) in [5.41, 5.74) is 2.84. The second-order valence-corrected chi connectivity index (χ2v) is 5.02. The number of aryl methyl sites for hydroxylation is 2. The van der Waals surface area contributed by atoms with Gasteiger partial charge >= 0.3 is 0 Å². The Hall–Kier alpha value is -0.820. The molecule has 0 aliphatic heterocycles. The minimum absolute atomic E-state index is 0.657. The number of hydrogen-bond donors (Lipinski definition) is 1. The van der Waals surface area contributed by atoms with E-state index in [-0.39, 0.29) is 0 Å². The van der Waals surface area contributed by atoms with E-state index in [0.717, 1.165) is 5.92 Å². The first kappa shape index (κ1) is 13.2. The molecule has 0 radical (unpaired) electrons. The number of nitrogens with one attached hydrogen (secondary N) is 1. The molecule has 0 aromatic heterocycles. The van der Waals surface area contributed by atoms with Gasteiger partial charge in [0.25, 0.3) is 0 Å². The van der Waals surface area contributed by atoms with Crippen molar-refractivity contribution < 1.29 is 0 Å². The van der Waals surface area contributed by atoms with Gasteiger partial charge in [-0.2, -0.15) is 0 Å². The molecular formula is C15H25N. The first-order valence-electron chi connectivity index (χ1n) is 6.36. The largest absolute Gasteiger partial charge is 0.317 e. The van der Waals surface area contributed by atoms with E-state index in [2.05, 4.69) is 57.4 Å². The van der Waals surface area contributed by atoms with Gasteiger partial charge in [-0.25, -0.2) is 0 Å². The Morgan fingerprint density at radius 2 is 2.00 bits per heavy atom. The summed E-state index contributed by atoms with van der Waals surface area (Å²) >= 11 is 0. The van der Waals surface area contributed by atoms with Crippen molar-refractivity contribution in [3.8, 4) is 0 Å². The zero-order chi connectivity index (χ0) is 12.0. The van der Waals surface area contributed by atoms with Crippen LogP contribution in [0.4, 0.5) is 0 Å². The molecule has 1 heteroatoms. The van der Waals surface area contributed by atoms with Crippen molar-refractivity contribution in [2.45, 2.75) is 46.1 Å². The first-order valence-corrected chi connectivity index (χ1v) is 6.36. The van der Waals surface area contributed by atoms with Gasteiger partial charge < -0.3 is 5.32 Å². The maximum absolute atomic E-state index is 3.40. The molecule has 1 nitrogen and oxygen atoms in total. The van der Waals surface area contributed by atoms with Crippen LogP contribution in [0, 0.1) is 12.8 Å². The van der Waals surface area contributed by atoms with Gasteiger partial charge in [-0.3, -0.25) is 0 Å². The number of hydrogen-bond acceptors (Lipinski definition) is 1. The standard InChI is InChI=1S/C15H25N/c1-12(2)15(16-4)10-6-9-14-8-5-7-13(3)11-14/h5,7-8,11-12,15-16H,6,9-10H2,1-4H3. The van der Waals surface area contributed by atoms with Gasteiger partial charge in [0.2, 0.25) is 0 Å². The second kappa shape index (κ2) is 6.70. The SMILES string of the molecule is CNC(CCCc1cccc(C)c1)C(C)C. The molecule has 16 heavy (non-hydrogen) atoms. The van der Waals surface area contributed by atoms with E-state index in [1.54, 1.807) is 0 Å². The highest BCUT2D eigenvalue weighted by atomic mass is 14.9. The van der Waals surface area contributed by atoms with Crippen molar-refractivity contribution in [3.05, 3.63) is 35.4 Å². The molecule has 0 heterocycles. The van der Waals surface area contributed by atoms with E-state index in [1.807, 2.05) is 0 Å². The highest BCUT2D eigenvalue weighted by Gasteiger charge is 2.09. The normalized spacial score (nSPS) is 13.1. The number of benzene rings is 1. The van der Waals surface area contributed by atoms with Crippen molar-refractivity contribution in [1.82, 2.24) is 5.32 Å². The van der Waals surface area contributed by atoms with Gasteiger partial charge in [-0.05, 0) is 44.7 Å². The molecule has 0 aliphatic carbocycles. The quantitative estimate of drug-likeness (QED) is 0.771. The van der Waals surface area contributed by atoms with Crippen LogP contribution in [0.3, 0.4) is 0 Å². The molecule has 0 fully saturated rings. The first-order chi connectivity index (χ1) is 7.63. The topological polar surface area (TPSA) is 12.0 Å². The molecule has 0 amide bonds. The van der Waals surface area contributed by atoms with Crippen LogP contribution in [0.25, 0.3) is 0 Å². The van der Waals surface area contributed by atoms with E-state index in [0.29, 0.717) is 6.04 Å². The van der Waals surface area contributed by atoms with Gasteiger partial charge in [0.1, 0.15) is 0 Å². The van der Waals surface area contributed by atoms with Crippen LogP contribution in [0.5, 0.6) is 0 Å². The van der Waals surface area contributed by atoms with Gasteiger partial charge in [-0.15, -0.1) is 0 Å². The van der Waals surface area contributed by atoms with E-state index < -0.39 is 0 Å². The molecule has 1 rings (SSSR count). The van der Waals surface area contributed by atoms with E-state index in [1.165, 1.54) is 30.4 Å². The van der Waals surface area contributed by atoms with Crippen LogP contribution in [-0.2, 0) is 6.42 Å². The summed E-state index contributed by atoms with van der Waals surface area (Å²) in [6.45, 7) is 6.73. The van der Waals surface area contributed by atoms with Crippen molar-refractivity contribution in [3.63, 3.8) is 0 Å². The van der Waals surface area contributed by atoms with Crippen molar-refractivity contribution >= 4 is 0 Å². The van der Waals surface area contributed by atoms with Crippen molar-refractivity contribution in [1.29, 1.82) is 0 Å². The zero-order valence-corrected chi connectivity index (χ0v) is 11.1. The molecule has 1 atom stereocenters. The summed E-state index contributed by atoms with van der Waals surface area (Å²) in [7, 11) is 2.07. The summed E-state index contributed by atoms with van der Waals surface area (Å²) < 4.78 is 0. The fourth-order valence-corrected chi connectivity index (χ4v) is 2.20. The second-order valence-electron chi connectivity index (χ2n) is 5.02. The molecule has 0 saturated carbocycles. The average Bonchev–Trinajstić information content (AvgIpc) is 2.24. The Kier molecular flexibility index (Phi) is 5.54. The van der Waals surface area contributed by atoms with Crippen LogP contribution in [0.2, 0.25) is 0 Å². The Morgan fingerprint density at radius 3 is 2.56 bits per heavy atom. The van der Waals surface area contributed by atoms with Gasteiger partial charge in [0.05, 0.1) is 0 Å². The summed E-state index contributed by atoms with van der Waals surface area (Å²) in [5.74, 6) is 0.725. The third-order valence-electron chi connectivity index (χ3n) is 3.24. The molecule has 1 aromatic carbocycles. The smallest absolute Gasteiger partial charge is 0.00871 e. The van der Waals surface area contributed by atoms with E-state index >= 15 is 0 Å². The van der Waals surface area contributed by atoms with Crippen LogP contribution in [-0.4, -0.2) is 13.1 Å². The van der Waals surface area contributed by atoms with Gasteiger partial charge in [0.15, 0.2) is 0 Å². The van der Waals surface area contributed by atoms with Crippen molar-refractivity contribution in [2.75, 3.05) is 7.05 Å². The molecule has 1 N–H and O–H groups in total. The van der Waals surface area contributed by atoms with Crippen LogP contribution < -0.4 is 5.32 Å². The maximum Gasteiger partial charge on any atom is 0.00871 e. The molecule has 90 valence electrons. The Labute approximate surface area is 100 Å². The predicted octanol–water partition coefficient (Wildman–Crippen LogP) is 3.56. The highest BCUT2D eigenvalue weighted by Crippen LogP contribution is 2.12. The lowest BCUT2D eigenvalue weighted by Crippen LogP contribution is -2.30. The predicted molar refractivity (Wildman–Crippen MR) is 71.8 cm³/mol. The third kappa shape index (κ3) is 4.36. The highest BCUT2D eigenvalue weighted by molar-refractivity contribution is 5.22. The molecule has 1 aromatic rings. The molecular weight excluding hydrogens is 194 g/mol. The van der Waals surface area contributed by atoms with E-state index in [9.17, 15) is 0 Å². The zero-order valence-electron chi connectivity index (χ0n) is 11.1. The number of rotatable bonds is 6.